The van der Waals surface area contributed by atoms with Gasteiger partial charge in [0.15, 0.2) is 0 Å². The second kappa shape index (κ2) is 7.36. The molecule has 0 saturated carbocycles. The Labute approximate surface area is 123 Å². The van der Waals surface area contributed by atoms with Gasteiger partial charge in [0.25, 0.3) is 0 Å². The Kier molecular flexibility index (Phi) is 5.49. The van der Waals surface area contributed by atoms with Gasteiger partial charge in [0, 0.05) is 30.3 Å². The average molecular weight is 299 g/mol. The highest BCUT2D eigenvalue weighted by atomic mass is 35.5. The predicted molar refractivity (Wildman–Crippen MR) is 77.2 cm³/mol. The zero-order valence-electron chi connectivity index (χ0n) is 11.4. The van der Waals surface area contributed by atoms with Gasteiger partial charge < -0.3 is 20.1 Å². The zero-order valence-corrected chi connectivity index (χ0v) is 12.2. The van der Waals surface area contributed by atoms with Gasteiger partial charge in [0.1, 0.15) is 5.75 Å². The minimum Gasteiger partial charge on any atom is -0.496 e. The molecule has 0 spiro atoms. The van der Waals surface area contributed by atoms with Crippen molar-refractivity contribution in [3.8, 4) is 5.75 Å². The Morgan fingerprint density at radius 2 is 2.35 bits per heavy atom. The standard InChI is InChI=1S/C14H19ClN2O3/c1-19-13-7-11(15)5-4-10(13)8-16-14(18)17-9-12-3-2-6-20-12/h4-5,7,12H,2-3,6,8-9H2,1H3,(H2,16,17,18)/t12-/m0/s1. The van der Waals surface area contributed by atoms with Crippen LogP contribution in [0.2, 0.25) is 5.02 Å². The molecule has 20 heavy (non-hydrogen) atoms. The zero-order chi connectivity index (χ0) is 14.4. The SMILES string of the molecule is COc1cc(Cl)ccc1CNC(=O)NC[C@@H]1CCCO1. The summed E-state index contributed by atoms with van der Waals surface area (Å²) in [6.07, 6.45) is 2.21. The lowest BCUT2D eigenvalue weighted by atomic mass is 10.2. The summed E-state index contributed by atoms with van der Waals surface area (Å²) in [5, 5.41) is 6.20. The van der Waals surface area contributed by atoms with E-state index in [9.17, 15) is 4.79 Å². The molecule has 1 aliphatic heterocycles. The van der Waals surface area contributed by atoms with Crippen molar-refractivity contribution in [1.29, 1.82) is 0 Å². The molecule has 1 fully saturated rings. The fourth-order valence-electron chi connectivity index (χ4n) is 2.11. The van der Waals surface area contributed by atoms with E-state index >= 15 is 0 Å². The van der Waals surface area contributed by atoms with E-state index in [-0.39, 0.29) is 12.1 Å². The monoisotopic (exact) mass is 298 g/mol. The van der Waals surface area contributed by atoms with Gasteiger partial charge in [-0.3, -0.25) is 0 Å². The van der Waals surface area contributed by atoms with Gasteiger partial charge >= 0.3 is 6.03 Å². The lowest BCUT2D eigenvalue weighted by Crippen LogP contribution is -2.39. The fourth-order valence-corrected chi connectivity index (χ4v) is 2.28. The number of nitrogens with one attached hydrogen (secondary N) is 2. The number of amides is 2. The molecule has 5 nitrogen and oxygen atoms in total. The molecule has 6 heteroatoms. The summed E-state index contributed by atoms with van der Waals surface area (Å²) >= 11 is 5.89. The lowest BCUT2D eigenvalue weighted by Gasteiger charge is -2.13. The first kappa shape index (κ1) is 14.9. The minimum atomic E-state index is -0.211. The van der Waals surface area contributed by atoms with Gasteiger partial charge in [0.05, 0.1) is 13.2 Å². The van der Waals surface area contributed by atoms with Crippen LogP contribution in [0.4, 0.5) is 4.79 Å². The molecule has 2 rings (SSSR count). The van der Waals surface area contributed by atoms with Crippen molar-refractivity contribution in [2.75, 3.05) is 20.3 Å². The van der Waals surface area contributed by atoms with Crippen molar-refractivity contribution in [3.63, 3.8) is 0 Å². The molecule has 0 radical (unpaired) electrons. The molecule has 0 aliphatic carbocycles. The van der Waals surface area contributed by atoms with Crippen molar-refractivity contribution in [1.82, 2.24) is 10.6 Å². The Morgan fingerprint density at radius 1 is 1.50 bits per heavy atom. The molecule has 2 amide bonds. The normalized spacial score (nSPS) is 17.8. The van der Waals surface area contributed by atoms with Crippen molar-refractivity contribution in [3.05, 3.63) is 28.8 Å². The minimum absolute atomic E-state index is 0.144. The van der Waals surface area contributed by atoms with Gasteiger partial charge in [-0.15, -0.1) is 0 Å². The van der Waals surface area contributed by atoms with Crippen LogP contribution in [0.25, 0.3) is 0 Å². The number of benzene rings is 1. The van der Waals surface area contributed by atoms with Crippen LogP contribution >= 0.6 is 11.6 Å². The van der Waals surface area contributed by atoms with Crippen LogP contribution in [-0.2, 0) is 11.3 Å². The van der Waals surface area contributed by atoms with Gasteiger partial charge in [-0.25, -0.2) is 4.79 Å². The second-order valence-corrected chi connectivity index (χ2v) is 5.09. The molecule has 110 valence electrons. The van der Waals surface area contributed by atoms with Crippen LogP contribution in [0.1, 0.15) is 18.4 Å². The molecular formula is C14H19ClN2O3. The second-order valence-electron chi connectivity index (χ2n) is 4.65. The van der Waals surface area contributed by atoms with Crippen LogP contribution in [0.3, 0.4) is 0 Å². The molecule has 1 heterocycles. The first-order valence-corrected chi connectivity index (χ1v) is 7.02. The summed E-state index contributed by atoms with van der Waals surface area (Å²) in [5.74, 6) is 0.664. The number of hydrogen-bond acceptors (Lipinski definition) is 3. The van der Waals surface area contributed by atoms with E-state index in [1.165, 1.54) is 0 Å². The van der Waals surface area contributed by atoms with E-state index in [2.05, 4.69) is 10.6 Å². The fraction of sp³-hybridized carbons (Fsp3) is 0.500. The number of methoxy groups -OCH3 is 1. The van der Waals surface area contributed by atoms with Crippen molar-refractivity contribution >= 4 is 17.6 Å². The van der Waals surface area contributed by atoms with E-state index in [0.717, 1.165) is 25.0 Å². The summed E-state index contributed by atoms with van der Waals surface area (Å²) in [7, 11) is 1.58. The molecule has 0 bridgehead atoms. The highest BCUT2D eigenvalue weighted by Crippen LogP contribution is 2.22. The number of ether oxygens (including phenoxy) is 2. The number of carbonyl (C=O) groups is 1. The Balaban J connectivity index is 1.77. The third-order valence-electron chi connectivity index (χ3n) is 3.20. The molecule has 1 atom stereocenters. The third-order valence-corrected chi connectivity index (χ3v) is 3.44. The number of rotatable bonds is 5. The van der Waals surface area contributed by atoms with E-state index in [1.807, 2.05) is 6.07 Å². The number of urea groups is 1. The molecule has 0 unspecified atom stereocenters. The number of carbonyl (C=O) groups excluding carboxylic acids is 1. The summed E-state index contributed by atoms with van der Waals surface area (Å²) < 4.78 is 10.7. The first-order valence-electron chi connectivity index (χ1n) is 6.65. The highest BCUT2D eigenvalue weighted by molar-refractivity contribution is 6.30. The molecule has 0 aromatic heterocycles. The van der Waals surface area contributed by atoms with Gasteiger partial charge in [-0.1, -0.05) is 17.7 Å². The van der Waals surface area contributed by atoms with Crippen molar-refractivity contribution in [2.45, 2.75) is 25.5 Å². The van der Waals surface area contributed by atoms with Crippen LogP contribution in [0.5, 0.6) is 5.75 Å². The topological polar surface area (TPSA) is 59.6 Å². The lowest BCUT2D eigenvalue weighted by molar-refractivity contribution is 0.111. The Hall–Kier alpha value is -1.46. The summed E-state index contributed by atoms with van der Waals surface area (Å²) in [5.41, 5.74) is 0.879. The van der Waals surface area contributed by atoms with Gasteiger partial charge in [-0.05, 0) is 25.0 Å². The van der Waals surface area contributed by atoms with E-state index < -0.39 is 0 Å². The van der Waals surface area contributed by atoms with Crippen LogP contribution in [0, 0.1) is 0 Å². The molecule has 1 aliphatic rings. The molecule has 2 N–H and O–H groups in total. The summed E-state index contributed by atoms with van der Waals surface area (Å²) in [4.78, 5) is 11.7. The van der Waals surface area contributed by atoms with Gasteiger partial charge in [0.2, 0.25) is 0 Å². The molecule has 1 saturated heterocycles. The smallest absolute Gasteiger partial charge is 0.315 e. The maximum atomic E-state index is 11.7. The Bertz CT molecular complexity index is 462. The summed E-state index contributed by atoms with van der Waals surface area (Å²) in [6, 6.07) is 5.12. The van der Waals surface area contributed by atoms with Crippen LogP contribution in [0.15, 0.2) is 18.2 Å². The van der Waals surface area contributed by atoms with E-state index in [0.29, 0.717) is 23.9 Å². The highest BCUT2D eigenvalue weighted by Gasteiger charge is 2.16. The van der Waals surface area contributed by atoms with Crippen molar-refractivity contribution < 1.29 is 14.3 Å². The molecule has 1 aromatic carbocycles. The summed E-state index contributed by atoms with van der Waals surface area (Å²) in [6.45, 7) is 1.72. The van der Waals surface area contributed by atoms with Gasteiger partial charge in [-0.2, -0.15) is 0 Å². The predicted octanol–water partition coefficient (Wildman–Crippen LogP) is 2.33. The number of hydrogen-bond donors (Lipinski definition) is 2. The largest absolute Gasteiger partial charge is 0.496 e. The average Bonchev–Trinajstić information content (AvgIpc) is 2.97. The molecular weight excluding hydrogens is 280 g/mol. The third kappa shape index (κ3) is 4.28. The number of halogens is 1. The van der Waals surface area contributed by atoms with Crippen molar-refractivity contribution in [2.24, 2.45) is 0 Å². The van der Waals surface area contributed by atoms with Crippen LogP contribution < -0.4 is 15.4 Å². The first-order chi connectivity index (χ1) is 9.69. The maximum Gasteiger partial charge on any atom is 0.315 e. The maximum absolute atomic E-state index is 11.7. The quantitative estimate of drug-likeness (QED) is 0.877. The molecule has 1 aromatic rings. The Morgan fingerprint density at radius 3 is 3.05 bits per heavy atom. The van der Waals surface area contributed by atoms with E-state index in [1.54, 1.807) is 19.2 Å². The van der Waals surface area contributed by atoms with E-state index in [4.69, 9.17) is 21.1 Å². The van der Waals surface area contributed by atoms with Crippen LogP contribution in [-0.4, -0.2) is 32.4 Å².